The van der Waals surface area contributed by atoms with E-state index in [0.29, 0.717) is 11.3 Å². The molecule has 6 heteroatoms. The number of hydrogen-bond acceptors (Lipinski definition) is 3. The molecule has 41 heavy (non-hydrogen) atoms. The van der Waals surface area contributed by atoms with E-state index in [4.69, 9.17) is 9.72 Å². The van der Waals surface area contributed by atoms with Crippen LogP contribution < -0.4 is 9.64 Å². The monoisotopic (exact) mass is 544 g/mol. The van der Waals surface area contributed by atoms with E-state index in [1.54, 1.807) is 0 Å². The third-order valence-corrected chi connectivity index (χ3v) is 7.41. The predicted octanol–water partition coefficient (Wildman–Crippen LogP) is 10.5. The summed E-state index contributed by atoms with van der Waals surface area (Å²) in [5.74, 6) is 1.45. The van der Waals surface area contributed by atoms with E-state index in [-0.39, 0.29) is 0 Å². The zero-order valence-corrected chi connectivity index (χ0v) is 22.0. The molecular weight excluding hydrogens is 521 g/mol. The summed E-state index contributed by atoms with van der Waals surface area (Å²) in [6.45, 7) is 2.05. The highest BCUT2D eigenvalue weighted by Crippen LogP contribution is 2.52. The highest BCUT2D eigenvalue weighted by Gasteiger charge is 2.31. The molecule has 0 saturated heterocycles. The largest absolute Gasteiger partial charge is 0.453 e. The summed E-state index contributed by atoms with van der Waals surface area (Å²) in [7, 11) is 0. The number of rotatable bonds is 3. The molecule has 2 heterocycles. The number of para-hydroxylation sites is 4. The van der Waals surface area contributed by atoms with Gasteiger partial charge >= 0.3 is 6.18 Å². The van der Waals surface area contributed by atoms with Crippen molar-refractivity contribution in [3.8, 4) is 33.9 Å². The molecule has 0 aliphatic carbocycles. The van der Waals surface area contributed by atoms with Gasteiger partial charge in [-0.25, -0.2) is 4.98 Å². The third-order valence-electron chi connectivity index (χ3n) is 7.41. The van der Waals surface area contributed by atoms with Crippen LogP contribution in [0.5, 0.6) is 11.5 Å². The van der Waals surface area contributed by atoms with Crippen LogP contribution in [-0.2, 0) is 6.18 Å². The lowest BCUT2D eigenvalue weighted by molar-refractivity contribution is -0.137. The second kappa shape index (κ2) is 9.52. The molecule has 0 radical (unpaired) electrons. The molecule has 0 atom stereocenters. The lowest BCUT2D eigenvalue weighted by Crippen LogP contribution is -2.16. The Morgan fingerprint density at radius 1 is 0.634 bits per heavy atom. The Balaban J connectivity index is 1.54. The number of halogens is 3. The average Bonchev–Trinajstić information content (AvgIpc) is 3.00. The quantitative estimate of drug-likeness (QED) is 0.221. The van der Waals surface area contributed by atoms with Crippen molar-refractivity contribution in [1.29, 1.82) is 0 Å². The molecule has 0 spiro atoms. The number of nitrogens with zero attached hydrogens (tertiary/aromatic N) is 2. The topological polar surface area (TPSA) is 25.4 Å². The fourth-order valence-electron chi connectivity index (χ4n) is 5.46. The molecule has 7 rings (SSSR count). The summed E-state index contributed by atoms with van der Waals surface area (Å²) in [6, 6.07) is 37.0. The van der Waals surface area contributed by atoms with Crippen LogP contribution in [-0.4, -0.2) is 4.98 Å². The van der Waals surface area contributed by atoms with Gasteiger partial charge < -0.3 is 9.64 Å². The Hall–Kier alpha value is -5.10. The maximum Gasteiger partial charge on any atom is 0.416 e. The van der Waals surface area contributed by atoms with Crippen molar-refractivity contribution in [2.45, 2.75) is 13.1 Å². The fourth-order valence-corrected chi connectivity index (χ4v) is 5.46. The van der Waals surface area contributed by atoms with Gasteiger partial charge in [0.2, 0.25) is 0 Å². The molecule has 5 aromatic carbocycles. The molecular formula is C35H23F3N2O. The number of hydrogen-bond donors (Lipinski definition) is 0. The van der Waals surface area contributed by atoms with Gasteiger partial charge in [-0.15, -0.1) is 0 Å². The molecule has 0 saturated carbocycles. The number of anilines is 3. The predicted molar refractivity (Wildman–Crippen MR) is 157 cm³/mol. The lowest BCUT2D eigenvalue weighted by Gasteiger charge is -2.33. The first kappa shape index (κ1) is 24.9. The first-order valence-electron chi connectivity index (χ1n) is 13.2. The normalized spacial score (nSPS) is 12.5. The van der Waals surface area contributed by atoms with Crippen LogP contribution >= 0.6 is 0 Å². The SMILES string of the molecule is Cc1ccc(N2c3ccccc3Oc3ccccc32)c2nc(-c3ccc(C(F)(F)F)cc3)cc(-c3ccccc3)c12. The first-order chi connectivity index (χ1) is 19.9. The summed E-state index contributed by atoms with van der Waals surface area (Å²) < 4.78 is 46.2. The van der Waals surface area contributed by atoms with E-state index >= 15 is 0 Å². The third kappa shape index (κ3) is 4.28. The van der Waals surface area contributed by atoms with Crippen molar-refractivity contribution >= 4 is 28.0 Å². The highest BCUT2D eigenvalue weighted by atomic mass is 19.4. The molecule has 1 aliphatic rings. The standard InChI is InChI=1S/C35H23F3N2O/c1-22-15-20-30(40-28-11-5-7-13-31(28)41-32-14-8-6-12-29(32)40)34-33(22)26(23-9-3-2-4-10-23)21-27(39-34)24-16-18-25(19-17-24)35(36,37)38/h2-21H,1H3. The minimum atomic E-state index is -4.41. The second-order valence-corrected chi connectivity index (χ2v) is 9.99. The lowest BCUT2D eigenvalue weighted by atomic mass is 9.94. The van der Waals surface area contributed by atoms with Crippen molar-refractivity contribution in [2.75, 3.05) is 4.90 Å². The number of aryl methyl sites for hydroxylation is 1. The van der Waals surface area contributed by atoms with Crippen LogP contribution in [0.15, 0.2) is 121 Å². The summed E-state index contributed by atoms with van der Waals surface area (Å²) in [6.07, 6.45) is -4.41. The van der Waals surface area contributed by atoms with Crippen LogP contribution in [0.1, 0.15) is 11.1 Å². The number of aromatic nitrogens is 1. The van der Waals surface area contributed by atoms with E-state index in [1.165, 1.54) is 12.1 Å². The van der Waals surface area contributed by atoms with E-state index in [9.17, 15) is 13.2 Å². The van der Waals surface area contributed by atoms with Gasteiger partial charge in [-0.1, -0.05) is 72.8 Å². The van der Waals surface area contributed by atoms with Gasteiger partial charge in [0.15, 0.2) is 11.5 Å². The van der Waals surface area contributed by atoms with E-state index in [2.05, 4.69) is 24.0 Å². The molecule has 200 valence electrons. The molecule has 0 bridgehead atoms. The highest BCUT2D eigenvalue weighted by molar-refractivity contribution is 6.07. The Morgan fingerprint density at radius 3 is 1.88 bits per heavy atom. The van der Waals surface area contributed by atoms with E-state index < -0.39 is 11.7 Å². The van der Waals surface area contributed by atoms with Gasteiger partial charge in [0.25, 0.3) is 0 Å². The molecule has 0 amide bonds. The molecule has 1 aliphatic heterocycles. The molecule has 3 nitrogen and oxygen atoms in total. The zero-order valence-electron chi connectivity index (χ0n) is 22.0. The van der Waals surface area contributed by atoms with Crippen molar-refractivity contribution < 1.29 is 17.9 Å². The Kier molecular flexibility index (Phi) is 5.78. The summed E-state index contributed by atoms with van der Waals surface area (Å²) in [5, 5.41) is 0.978. The summed E-state index contributed by atoms with van der Waals surface area (Å²) >= 11 is 0. The minimum Gasteiger partial charge on any atom is -0.453 e. The number of benzene rings is 5. The number of fused-ring (bicyclic) bond motifs is 3. The van der Waals surface area contributed by atoms with Gasteiger partial charge in [0, 0.05) is 10.9 Å². The average molecular weight is 545 g/mol. The molecule has 1 aromatic heterocycles. The van der Waals surface area contributed by atoms with Crippen molar-refractivity contribution in [2.24, 2.45) is 0 Å². The molecule has 0 unspecified atom stereocenters. The maximum absolute atomic E-state index is 13.3. The fraction of sp³-hybridized carbons (Fsp3) is 0.0571. The van der Waals surface area contributed by atoms with Gasteiger partial charge in [0.05, 0.1) is 33.8 Å². The number of alkyl halides is 3. The molecule has 0 N–H and O–H groups in total. The maximum atomic E-state index is 13.3. The Bertz CT molecular complexity index is 1870. The molecule has 0 fully saturated rings. The van der Waals surface area contributed by atoms with Crippen molar-refractivity contribution in [3.05, 3.63) is 132 Å². The van der Waals surface area contributed by atoms with Crippen LogP contribution in [0.4, 0.5) is 30.2 Å². The summed E-state index contributed by atoms with van der Waals surface area (Å²) in [5.41, 5.74) is 6.84. The van der Waals surface area contributed by atoms with Crippen molar-refractivity contribution in [3.63, 3.8) is 0 Å². The van der Waals surface area contributed by atoms with Gasteiger partial charge in [-0.2, -0.15) is 13.2 Å². The Labute approximate surface area is 235 Å². The van der Waals surface area contributed by atoms with Crippen molar-refractivity contribution in [1.82, 2.24) is 4.98 Å². The van der Waals surface area contributed by atoms with Gasteiger partial charge in [0.1, 0.15) is 0 Å². The van der Waals surface area contributed by atoms with Crippen LogP contribution in [0.3, 0.4) is 0 Å². The first-order valence-corrected chi connectivity index (χ1v) is 13.2. The minimum absolute atomic E-state index is 0.590. The second-order valence-electron chi connectivity index (χ2n) is 9.99. The smallest absolute Gasteiger partial charge is 0.416 e. The number of pyridine rings is 1. The van der Waals surface area contributed by atoms with Gasteiger partial charge in [-0.3, -0.25) is 0 Å². The van der Waals surface area contributed by atoms with Crippen LogP contribution in [0.2, 0.25) is 0 Å². The summed E-state index contributed by atoms with van der Waals surface area (Å²) in [4.78, 5) is 7.29. The molecule has 6 aromatic rings. The van der Waals surface area contributed by atoms with Crippen LogP contribution in [0, 0.1) is 6.92 Å². The zero-order chi connectivity index (χ0) is 28.1. The Morgan fingerprint density at radius 2 is 1.24 bits per heavy atom. The van der Waals surface area contributed by atoms with Crippen LogP contribution in [0.25, 0.3) is 33.3 Å². The van der Waals surface area contributed by atoms with E-state index in [1.807, 2.05) is 84.9 Å². The van der Waals surface area contributed by atoms with E-state index in [0.717, 1.165) is 68.3 Å². The number of ether oxygens (including phenoxy) is 1. The van der Waals surface area contributed by atoms with Gasteiger partial charge in [-0.05, 0) is 72.1 Å².